The van der Waals surface area contributed by atoms with Crippen molar-refractivity contribution >= 4 is 37.8 Å². The summed E-state index contributed by atoms with van der Waals surface area (Å²) in [6, 6.07) is 8.62. The van der Waals surface area contributed by atoms with E-state index >= 15 is 0 Å². The first-order valence-electron chi connectivity index (χ1n) is 6.21. The number of methoxy groups -OCH3 is 1. The van der Waals surface area contributed by atoms with Gasteiger partial charge in [-0.15, -0.1) is 0 Å². The van der Waals surface area contributed by atoms with Crippen molar-refractivity contribution in [3.05, 3.63) is 30.3 Å². The van der Waals surface area contributed by atoms with E-state index in [1.54, 1.807) is 24.2 Å². The number of ether oxygens (including phenoxy) is 1. The number of nitrogens with zero attached hydrogens (tertiary/aromatic N) is 1. The first-order chi connectivity index (χ1) is 10.0. The Balaban J connectivity index is 1.91. The zero-order chi connectivity index (χ0) is 15.3. The fraction of sp³-hybridized carbons (Fsp3) is 0.308. The van der Waals surface area contributed by atoms with Gasteiger partial charge in [0.25, 0.3) is 0 Å². The average molecular weight is 355 g/mol. The molecule has 2 amide bonds. The number of hydrogen-bond donors (Lipinski definition) is 3. The summed E-state index contributed by atoms with van der Waals surface area (Å²) >= 11 is -0.105. The Morgan fingerprint density at radius 3 is 2.71 bits per heavy atom. The van der Waals surface area contributed by atoms with Crippen LogP contribution in [0.15, 0.2) is 35.3 Å². The van der Waals surface area contributed by atoms with Crippen molar-refractivity contribution in [3.63, 3.8) is 0 Å². The number of aliphatic imine (C=N–C) groups is 1. The molecule has 0 fully saturated rings. The number of esters is 1. The molecule has 0 saturated carbocycles. The fourth-order valence-electron chi connectivity index (χ4n) is 1.76. The number of nitrogens with one attached hydrogen (secondary N) is 3. The second-order valence-corrected chi connectivity index (χ2v) is 6.49. The molecule has 0 spiro atoms. The number of carbonyl (C=O) groups is 2. The maximum atomic E-state index is 11.8. The molecule has 0 saturated heterocycles. The van der Waals surface area contributed by atoms with Gasteiger partial charge >= 0.3 is 128 Å². The molecular weight excluding hydrogens is 339 g/mol. The van der Waals surface area contributed by atoms with E-state index in [-0.39, 0.29) is 20.9 Å². The molecule has 112 valence electrons. The molecule has 21 heavy (non-hydrogen) atoms. The van der Waals surface area contributed by atoms with E-state index in [0.29, 0.717) is 5.69 Å². The van der Waals surface area contributed by atoms with E-state index < -0.39 is 16.5 Å². The minimum atomic E-state index is -0.888. The summed E-state index contributed by atoms with van der Waals surface area (Å²) in [6.07, 6.45) is 0. The van der Waals surface area contributed by atoms with Gasteiger partial charge in [-0.3, -0.25) is 0 Å². The van der Waals surface area contributed by atoms with E-state index in [0.717, 1.165) is 0 Å². The van der Waals surface area contributed by atoms with Crippen molar-refractivity contribution in [1.29, 1.82) is 0 Å². The Morgan fingerprint density at radius 2 is 2.05 bits per heavy atom. The van der Waals surface area contributed by atoms with Crippen LogP contribution < -0.4 is 16.2 Å². The van der Waals surface area contributed by atoms with Gasteiger partial charge in [-0.25, -0.2) is 0 Å². The topological polar surface area (TPSA) is 91.8 Å². The van der Waals surface area contributed by atoms with E-state index in [1.165, 1.54) is 7.11 Å². The van der Waals surface area contributed by atoms with Crippen LogP contribution in [-0.4, -0.2) is 44.8 Å². The quantitative estimate of drug-likeness (QED) is 0.422. The molecule has 8 heteroatoms. The third-order valence-electron chi connectivity index (χ3n) is 2.90. The summed E-state index contributed by atoms with van der Waals surface area (Å²) in [5.41, 5.74) is 5.09. The van der Waals surface area contributed by atoms with Crippen LogP contribution >= 0.6 is 0 Å². The van der Waals surface area contributed by atoms with Crippen LogP contribution in [0.2, 0.25) is 4.82 Å². The van der Waals surface area contributed by atoms with Crippen LogP contribution in [0.1, 0.15) is 6.92 Å². The molecule has 1 aromatic carbocycles. The zero-order valence-electron chi connectivity index (χ0n) is 11.6. The molecule has 1 heterocycles. The van der Waals surface area contributed by atoms with E-state index in [1.807, 2.05) is 18.2 Å². The second kappa shape index (κ2) is 6.71. The number of urea groups is 1. The van der Waals surface area contributed by atoms with Crippen molar-refractivity contribution < 1.29 is 14.3 Å². The third-order valence-corrected chi connectivity index (χ3v) is 5.32. The molecule has 2 rings (SSSR count). The minimum absolute atomic E-state index is 0.105. The fourth-order valence-corrected chi connectivity index (χ4v) is 3.84. The van der Waals surface area contributed by atoms with Crippen LogP contribution in [0.25, 0.3) is 0 Å². The van der Waals surface area contributed by atoms with E-state index in [9.17, 15) is 9.59 Å². The molecule has 0 aromatic heterocycles. The third kappa shape index (κ3) is 3.81. The van der Waals surface area contributed by atoms with Crippen molar-refractivity contribution in [2.24, 2.45) is 4.99 Å². The Bertz CT molecular complexity index is 552. The number of hydrazine groups is 1. The number of rotatable bonds is 4. The van der Waals surface area contributed by atoms with E-state index in [2.05, 4.69) is 21.2 Å². The standard InChI is InChI=1S/C13H16N4O3Se/c1-13(10(11(18)20-2)21-8-14-13)17-16-12(19)15-9-6-4-3-5-7-9/h3-8,10,17H,1-2H3,(H2,15,16,19)/t10-,13-/m1/s1. The van der Waals surface area contributed by atoms with Gasteiger partial charge in [0.2, 0.25) is 0 Å². The van der Waals surface area contributed by atoms with Crippen LogP contribution in [0.3, 0.4) is 0 Å². The Hall–Kier alpha value is -1.89. The summed E-state index contributed by atoms with van der Waals surface area (Å²) < 4.78 is 4.76. The molecule has 1 aromatic rings. The summed E-state index contributed by atoms with van der Waals surface area (Å²) in [4.78, 5) is 27.4. The molecule has 0 aliphatic carbocycles. The summed E-state index contributed by atoms with van der Waals surface area (Å²) in [5.74, 6) is -0.340. The van der Waals surface area contributed by atoms with Gasteiger partial charge in [-0.1, -0.05) is 0 Å². The van der Waals surface area contributed by atoms with Crippen molar-refractivity contribution in [1.82, 2.24) is 10.9 Å². The molecule has 3 N–H and O–H groups in total. The van der Waals surface area contributed by atoms with Crippen LogP contribution in [0.5, 0.6) is 0 Å². The number of anilines is 1. The molecule has 0 unspecified atom stereocenters. The van der Waals surface area contributed by atoms with Gasteiger partial charge in [-0.05, 0) is 0 Å². The Labute approximate surface area is 128 Å². The molecule has 1 aliphatic rings. The van der Waals surface area contributed by atoms with Crippen molar-refractivity contribution in [3.8, 4) is 0 Å². The zero-order valence-corrected chi connectivity index (χ0v) is 13.3. The SMILES string of the molecule is COC(=O)[C@H]1[Se]C=N[C@]1(C)NNC(=O)Nc1ccccc1. The average Bonchev–Trinajstić information content (AvgIpc) is 2.88. The second-order valence-electron chi connectivity index (χ2n) is 4.49. The van der Waals surface area contributed by atoms with Gasteiger partial charge in [0, 0.05) is 0 Å². The van der Waals surface area contributed by atoms with Gasteiger partial charge in [0.15, 0.2) is 0 Å². The number of carbonyl (C=O) groups excluding carboxylic acids is 2. The van der Waals surface area contributed by atoms with Gasteiger partial charge in [-0.2, -0.15) is 0 Å². The molecule has 7 nitrogen and oxygen atoms in total. The van der Waals surface area contributed by atoms with Crippen LogP contribution in [-0.2, 0) is 9.53 Å². The number of para-hydroxylation sites is 1. The monoisotopic (exact) mass is 356 g/mol. The first-order valence-corrected chi connectivity index (χ1v) is 8.19. The van der Waals surface area contributed by atoms with Gasteiger partial charge in [0.05, 0.1) is 0 Å². The molecular formula is C13H16N4O3Se. The number of hydrogen-bond acceptors (Lipinski definition) is 5. The summed E-state index contributed by atoms with van der Waals surface area (Å²) in [5, 5.41) is 4.37. The summed E-state index contributed by atoms with van der Waals surface area (Å²) in [7, 11) is 1.34. The normalized spacial score (nSPS) is 23.6. The Kier molecular flexibility index (Phi) is 4.95. The Morgan fingerprint density at radius 1 is 1.33 bits per heavy atom. The van der Waals surface area contributed by atoms with Gasteiger partial charge < -0.3 is 0 Å². The van der Waals surface area contributed by atoms with Crippen molar-refractivity contribution in [2.45, 2.75) is 17.4 Å². The number of benzene rings is 1. The van der Waals surface area contributed by atoms with E-state index in [4.69, 9.17) is 4.74 Å². The van der Waals surface area contributed by atoms with Crippen LogP contribution in [0.4, 0.5) is 10.5 Å². The van der Waals surface area contributed by atoms with Crippen LogP contribution in [0, 0.1) is 0 Å². The molecule has 0 bridgehead atoms. The molecule has 2 atom stereocenters. The predicted octanol–water partition coefficient (Wildman–Crippen LogP) is 0.736. The number of amides is 2. The molecule has 0 radical (unpaired) electrons. The first kappa shape index (κ1) is 15.5. The summed E-state index contributed by atoms with van der Waals surface area (Å²) in [6.45, 7) is 1.74. The maximum absolute atomic E-state index is 11.8. The van der Waals surface area contributed by atoms with Crippen molar-refractivity contribution in [2.75, 3.05) is 12.4 Å². The predicted molar refractivity (Wildman–Crippen MR) is 80.1 cm³/mol. The molecule has 1 aliphatic heterocycles. The van der Waals surface area contributed by atoms with Gasteiger partial charge in [0.1, 0.15) is 0 Å².